The number of amides is 1. The van der Waals surface area contributed by atoms with E-state index >= 15 is 0 Å². The standard InChI is InChI=1S/C15H19NOS/c1-9-7-10(2)14-11(8-9)15(17)16-12-5-3-4-6-13(12)18-14/h7-8,12-13H,3-6H2,1-2H3,(H,16,17). The van der Waals surface area contributed by atoms with E-state index in [4.69, 9.17) is 0 Å². The number of benzene rings is 1. The molecule has 2 atom stereocenters. The van der Waals surface area contributed by atoms with Gasteiger partial charge in [-0.1, -0.05) is 18.9 Å². The quantitative estimate of drug-likeness (QED) is 0.775. The van der Waals surface area contributed by atoms with Gasteiger partial charge in [-0.05, 0) is 43.9 Å². The molecule has 1 aliphatic carbocycles. The van der Waals surface area contributed by atoms with Crippen LogP contribution in [0.2, 0.25) is 0 Å². The lowest BCUT2D eigenvalue weighted by atomic mass is 9.94. The van der Waals surface area contributed by atoms with Crippen LogP contribution in [-0.2, 0) is 0 Å². The lowest BCUT2D eigenvalue weighted by Crippen LogP contribution is -2.42. The summed E-state index contributed by atoms with van der Waals surface area (Å²) in [5.74, 6) is 0.124. The molecule has 1 saturated carbocycles. The van der Waals surface area contributed by atoms with E-state index < -0.39 is 0 Å². The molecule has 18 heavy (non-hydrogen) atoms. The van der Waals surface area contributed by atoms with Gasteiger partial charge in [0.25, 0.3) is 5.91 Å². The van der Waals surface area contributed by atoms with Crippen LogP contribution in [0, 0.1) is 13.8 Å². The highest BCUT2D eigenvalue weighted by atomic mass is 32.2. The minimum absolute atomic E-state index is 0.124. The van der Waals surface area contributed by atoms with Crippen LogP contribution < -0.4 is 5.32 Å². The van der Waals surface area contributed by atoms with Crippen molar-refractivity contribution < 1.29 is 4.79 Å². The number of fused-ring (bicyclic) bond motifs is 2. The zero-order valence-electron chi connectivity index (χ0n) is 11.0. The SMILES string of the molecule is Cc1cc(C)c2c(c1)C(=O)NC1CCCCC1S2. The molecule has 2 nitrogen and oxygen atoms in total. The van der Waals surface area contributed by atoms with Crippen molar-refractivity contribution in [2.45, 2.75) is 55.7 Å². The van der Waals surface area contributed by atoms with Crippen molar-refractivity contribution in [3.05, 3.63) is 28.8 Å². The summed E-state index contributed by atoms with van der Waals surface area (Å²) in [6, 6.07) is 4.58. The van der Waals surface area contributed by atoms with E-state index in [0.717, 1.165) is 12.0 Å². The normalized spacial score (nSPS) is 26.9. The molecule has 0 bridgehead atoms. The maximum absolute atomic E-state index is 12.3. The van der Waals surface area contributed by atoms with Gasteiger partial charge >= 0.3 is 0 Å². The first-order valence-corrected chi connectivity index (χ1v) is 7.62. The Morgan fingerprint density at radius 2 is 2.00 bits per heavy atom. The monoisotopic (exact) mass is 261 g/mol. The number of rotatable bonds is 0. The number of carbonyl (C=O) groups is 1. The first kappa shape index (κ1) is 12.1. The minimum atomic E-state index is 0.124. The lowest BCUT2D eigenvalue weighted by molar-refractivity contribution is 0.0928. The predicted octanol–water partition coefficient (Wildman–Crippen LogP) is 3.45. The van der Waals surface area contributed by atoms with Crippen molar-refractivity contribution in [1.29, 1.82) is 0 Å². The molecule has 2 aliphatic rings. The summed E-state index contributed by atoms with van der Waals surface area (Å²) >= 11 is 1.92. The van der Waals surface area contributed by atoms with Gasteiger partial charge in [-0.15, -0.1) is 11.8 Å². The second-order valence-electron chi connectivity index (χ2n) is 5.48. The Hall–Kier alpha value is -0.960. The number of nitrogens with one attached hydrogen (secondary N) is 1. The van der Waals surface area contributed by atoms with Crippen molar-refractivity contribution in [3.8, 4) is 0 Å². The number of thioether (sulfide) groups is 1. The predicted molar refractivity (Wildman–Crippen MR) is 75.3 cm³/mol. The van der Waals surface area contributed by atoms with Crippen LogP contribution in [0.15, 0.2) is 17.0 Å². The Morgan fingerprint density at radius 1 is 1.22 bits per heavy atom. The summed E-state index contributed by atoms with van der Waals surface area (Å²) in [5, 5.41) is 3.79. The highest BCUT2D eigenvalue weighted by molar-refractivity contribution is 8.00. The van der Waals surface area contributed by atoms with Crippen LogP contribution in [-0.4, -0.2) is 17.2 Å². The zero-order chi connectivity index (χ0) is 12.7. The molecule has 0 aromatic heterocycles. The van der Waals surface area contributed by atoms with Gasteiger partial charge in [-0.2, -0.15) is 0 Å². The molecule has 96 valence electrons. The number of carbonyl (C=O) groups excluding carboxylic acids is 1. The molecule has 1 N–H and O–H groups in total. The summed E-state index contributed by atoms with van der Waals surface area (Å²) in [7, 11) is 0. The molecule has 1 aliphatic heterocycles. The number of aryl methyl sites for hydroxylation is 2. The maximum Gasteiger partial charge on any atom is 0.252 e. The molecule has 1 fully saturated rings. The second kappa shape index (κ2) is 4.61. The van der Waals surface area contributed by atoms with Crippen LogP contribution in [0.4, 0.5) is 0 Å². The fourth-order valence-electron chi connectivity index (χ4n) is 3.08. The Balaban J connectivity index is 2.05. The molecule has 1 amide bonds. The summed E-state index contributed by atoms with van der Waals surface area (Å²) in [6.45, 7) is 4.18. The third-order valence-electron chi connectivity index (χ3n) is 3.95. The molecule has 1 aromatic rings. The van der Waals surface area contributed by atoms with E-state index in [1.165, 1.54) is 35.3 Å². The summed E-state index contributed by atoms with van der Waals surface area (Å²) in [5.41, 5.74) is 3.30. The Morgan fingerprint density at radius 3 is 2.83 bits per heavy atom. The van der Waals surface area contributed by atoms with Crippen LogP contribution >= 0.6 is 11.8 Å². The fraction of sp³-hybridized carbons (Fsp3) is 0.533. The average molecular weight is 261 g/mol. The van der Waals surface area contributed by atoms with Crippen molar-refractivity contribution in [2.24, 2.45) is 0 Å². The van der Waals surface area contributed by atoms with Gasteiger partial charge in [0.2, 0.25) is 0 Å². The summed E-state index contributed by atoms with van der Waals surface area (Å²) in [4.78, 5) is 13.5. The van der Waals surface area contributed by atoms with Gasteiger partial charge in [0.1, 0.15) is 0 Å². The average Bonchev–Trinajstić information content (AvgIpc) is 2.47. The van der Waals surface area contributed by atoms with E-state index in [2.05, 4.69) is 25.2 Å². The Kier molecular flexibility index (Phi) is 3.10. The van der Waals surface area contributed by atoms with Gasteiger partial charge in [0.05, 0.1) is 5.56 Å². The lowest BCUT2D eigenvalue weighted by Gasteiger charge is -2.29. The summed E-state index contributed by atoms with van der Waals surface area (Å²) in [6.07, 6.45) is 4.90. The van der Waals surface area contributed by atoms with E-state index in [0.29, 0.717) is 11.3 Å². The molecule has 2 unspecified atom stereocenters. The first-order valence-electron chi connectivity index (χ1n) is 6.74. The van der Waals surface area contributed by atoms with Crippen molar-refractivity contribution in [1.82, 2.24) is 5.32 Å². The van der Waals surface area contributed by atoms with Crippen LogP contribution in [0.3, 0.4) is 0 Å². The van der Waals surface area contributed by atoms with Crippen molar-refractivity contribution in [2.75, 3.05) is 0 Å². The first-order chi connectivity index (χ1) is 8.65. The van der Waals surface area contributed by atoms with Gasteiger partial charge in [0.15, 0.2) is 0 Å². The maximum atomic E-state index is 12.3. The molecule has 0 saturated heterocycles. The molecule has 3 heteroatoms. The van der Waals surface area contributed by atoms with E-state index in [9.17, 15) is 4.79 Å². The van der Waals surface area contributed by atoms with Gasteiger partial charge in [-0.3, -0.25) is 4.79 Å². The van der Waals surface area contributed by atoms with Gasteiger partial charge in [0, 0.05) is 16.2 Å². The largest absolute Gasteiger partial charge is 0.348 e. The topological polar surface area (TPSA) is 29.1 Å². The molecule has 1 heterocycles. The van der Waals surface area contributed by atoms with Crippen molar-refractivity contribution >= 4 is 17.7 Å². The smallest absolute Gasteiger partial charge is 0.252 e. The zero-order valence-corrected chi connectivity index (χ0v) is 11.8. The third kappa shape index (κ3) is 2.05. The van der Waals surface area contributed by atoms with Gasteiger partial charge < -0.3 is 5.32 Å². The molecule has 0 radical (unpaired) electrons. The third-order valence-corrected chi connectivity index (χ3v) is 5.60. The molecule has 1 aromatic carbocycles. The van der Waals surface area contributed by atoms with Gasteiger partial charge in [-0.25, -0.2) is 0 Å². The minimum Gasteiger partial charge on any atom is -0.348 e. The van der Waals surface area contributed by atoms with E-state index in [1.807, 2.05) is 17.8 Å². The van der Waals surface area contributed by atoms with Crippen LogP contribution in [0.5, 0.6) is 0 Å². The highest BCUT2D eigenvalue weighted by Crippen LogP contribution is 2.39. The Bertz CT molecular complexity index is 498. The molecular formula is C15H19NOS. The second-order valence-corrected chi connectivity index (χ2v) is 6.73. The number of hydrogen-bond acceptors (Lipinski definition) is 2. The van der Waals surface area contributed by atoms with Crippen molar-refractivity contribution in [3.63, 3.8) is 0 Å². The van der Waals surface area contributed by atoms with E-state index in [-0.39, 0.29) is 5.91 Å². The molecule has 0 spiro atoms. The molecular weight excluding hydrogens is 242 g/mol. The fourth-order valence-corrected chi connectivity index (χ4v) is 4.56. The Labute approximate surface area is 113 Å². The van der Waals surface area contributed by atoms with Crippen LogP contribution in [0.1, 0.15) is 47.2 Å². The molecule has 3 rings (SSSR count). The van der Waals surface area contributed by atoms with Crippen LogP contribution in [0.25, 0.3) is 0 Å². The number of hydrogen-bond donors (Lipinski definition) is 1. The summed E-state index contributed by atoms with van der Waals surface area (Å²) < 4.78 is 0. The van der Waals surface area contributed by atoms with E-state index in [1.54, 1.807) is 0 Å². The highest BCUT2D eigenvalue weighted by Gasteiger charge is 2.32.